The van der Waals surface area contributed by atoms with Crippen LogP contribution in [0, 0.1) is 5.92 Å². The van der Waals surface area contributed by atoms with E-state index in [2.05, 4.69) is 10.2 Å². The van der Waals surface area contributed by atoms with Crippen molar-refractivity contribution in [2.45, 2.75) is 25.8 Å². The van der Waals surface area contributed by atoms with Crippen LogP contribution in [0.4, 0.5) is 5.69 Å². The van der Waals surface area contributed by atoms with E-state index >= 15 is 0 Å². The molecule has 6 heteroatoms. The molecule has 28 heavy (non-hydrogen) atoms. The van der Waals surface area contributed by atoms with Gasteiger partial charge in [0, 0.05) is 30.8 Å². The Balaban J connectivity index is 1.47. The number of carbonyl (C=O) groups is 2. The topological polar surface area (TPSA) is 84.7 Å². The van der Waals surface area contributed by atoms with Gasteiger partial charge in [0.15, 0.2) is 0 Å². The van der Waals surface area contributed by atoms with Gasteiger partial charge in [-0.1, -0.05) is 18.2 Å². The van der Waals surface area contributed by atoms with Crippen molar-refractivity contribution in [1.29, 1.82) is 0 Å². The number of para-hydroxylation sites is 1. The molecule has 0 aliphatic carbocycles. The van der Waals surface area contributed by atoms with Crippen molar-refractivity contribution >= 4 is 17.5 Å². The summed E-state index contributed by atoms with van der Waals surface area (Å²) in [6.45, 7) is 2.95. The molecule has 0 spiro atoms. The number of carbonyl (C=O) groups excluding carboxylic acids is 2. The summed E-state index contributed by atoms with van der Waals surface area (Å²) in [6.07, 6.45) is 2.65. The predicted octanol–water partition coefficient (Wildman–Crippen LogP) is 2.57. The van der Waals surface area contributed by atoms with Crippen LogP contribution >= 0.6 is 0 Å². The standard InChI is InChI=1S/C22H25N3O3/c23-21(26)18-5-3-10-25(14-18)13-17-4-1-2-6-19(17)24-22(27)16-7-8-20-15(12-16)9-11-28-20/h1-2,4,6-8,12,18H,3,5,9-11,13-14H2,(H2,23,26)(H,24,27). The molecule has 2 aromatic rings. The van der Waals surface area contributed by atoms with Crippen molar-refractivity contribution in [2.75, 3.05) is 25.0 Å². The molecule has 0 aromatic heterocycles. The third kappa shape index (κ3) is 4.02. The Kier molecular flexibility index (Phi) is 5.30. The highest BCUT2D eigenvalue weighted by molar-refractivity contribution is 6.04. The summed E-state index contributed by atoms with van der Waals surface area (Å²) in [4.78, 5) is 26.5. The maximum Gasteiger partial charge on any atom is 0.255 e. The average Bonchev–Trinajstić information content (AvgIpc) is 3.17. The van der Waals surface area contributed by atoms with Gasteiger partial charge in [-0.2, -0.15) is 0 Å². The molecule has 2 aliphatic heterocycles. The Morgan fingerprint density at radius 1 is 1.21 bits per heavy atom. The molecular formula is C22H25N3O3. The van der Waals surface area contributed by atoms with Gasteiger partial charge in [0.25, 0.3) is 5.91 Å². The van der Waals surface area contributed by atoms with Gasteiger partial charge in [0.2, 0.25) is 5.91 Å². The molecule has 4 rings (SSSR count). The fraction of sp³-hybridized carbons (Fsp3) is 0.364. The molecule has 1 saturated heterocycles. The van der Waals surface area contributed by atoms with Gasteiger partial charge in [-0.15, -0.1) is 0 Å². The Labute approximate surface area is 164 Å². The van der Waals surface area contributed by atoms with E-state index in [-0.39, 0.29) is 17.7 Å². The molecular weight excluding hydrogens is 354 g/mol. The SMILES string of the molecule is NC(=O)C1CCCN(Cc2ccccc2NC(=O)c2ccc3c(c2)CCO3)C1. The zero-order valence-corrected chi connectivity index (χ0v) is 15.8. The number of hydrogen-bond acceptors (Lipinski definition) is 4. The molecule has 2 amide bonds. The van der Waals surface area contributed by atoms with E-state index in [1.165, 1.54) is 0 Å². The molecule has 2 aliphatic rings. The number of nitrogens with one attached hydrogen (secondary N) is 1. The predicted molar refractivity (Wildman–Crippen MR) is 107 cm³/mol. The first-order valence-corrected chi connectivity index (χ1v) is 9.77. The lowest BCUT2D eigenvalue weighted by atomic mass is 9.97. The van der Waals surface area contributed by atoms with E-state index in [1.807, 2.05) is 36.4 Å². The number of fused-ring (bicyclic) bond motifs is 1. The summed E-state index contributed by atoms with van der Waals surface area (Å²) in [5, 5.41) is 3.04. The van der Waals surface area contributed by atoms with Crippen molar-refractivity contribution in [3.8, 4) is 5.75 Å². The third-order valence-corrected chi connectivity index (χ3v) is 5.52. The van der Waals surface area contributed by atoms with Crippen LogP contribution in [0.1, 0.15) is 34.3 Å². The summed E-state index contributed by atoms with van der Waals surface area (Å²) < 4.78 is 5.51. The highest BCUT2D eigenvalue weighted by Crippen LogP contribution is 2.27. The highest BCUT2D eigenvalue weighted by Gasteiger charge is 2.24. The summed E-state index contributed by atoms with van der Waals surface area (Å²) in [6, 6.07) is 13.4. The van der Waals surface area contributed by atoms with Crippen LogP contribution in [0.3, 0.4) is 0 Å². The number of likely N-dealkylation sites (tertiary alicyclic amines) is 1. The lowest BCUT2D eigenvalue weighted by molar-refractivity contribution is -0.123. The fourth-order valence-corrected chi connectivity index (χ4v) is 3.97. The molecule has 0 saturated carbocycles. The molecule has 0 radical (unpaired) electrons. The first-order valence-electron chi connectivity index (χ1n) is 9.77. The highest BCUT2D eigenvalue weighted by atomic mass is 16.5. The molecule has 1 atom stereocenters. The van der Waals surface area contributed by atoms with Crippen LogP contribution < -0.4 is 15.8 Å². The number of nitrogens with two attached hydrogens (primary N) is 1. The van der Waals surface area contributed by atoms with Gasteiger partial charge in [-0.3, -0.25) is 14.5 Å². The lowest BCUT2D eigenvalue weighted by Gasteiger charge is -2.31. The number of ether oxygens (including phenoxy) is 1. The number of piperidine rings is 1. The van der Waals surface area contributed by atoms with Crippen molar-refractivity contribution < 1.29 is 14.3 Å². The largest absolute Gasteiger partial charge is 0.493 e. The van der Waals surface area contributed by atoms with Crippen LogP contribution in [0.5, 0.6) is 5.75 Å². The van der Waals surface area contributed by atoms with E-state index in [9.17, 15) is 9.59 Å². The Morgan fingerprint density at radius 2 is 2.07 bits per heavy atom. The van der Waals surface area contributed by atoms with Crippen molar-refractivity contribution in [1.82, 2.24) is 4.90 Å². The number of rotatable bonds is 5. The molecule has 1 unspecified atom stereocenters. The second kappa shape index (κ2) is 8.02. The number of primary amides is 1. The van der Waals surface area contributed by atoms with Crippen LogP contribution in [0.25, 0.3) is 0 Å². The maximum atomic E-state index is 12.8. The average molecular weight is 379 g/mol. The van der Waals surface area contributed by atoms with Crippen LogP contribution in [0.2, 0.25) is 0 Å². The number of nitrogens with zero attached hydrogens (tertiary/aromatic N) is 1. The number of anilines is 1. The minimum Gasteiger partial charge on any atom is -0.493 e. The van der Waals surface area contributed by atoms with Crippen molar-refractivity contribution in [2.24, 2.45) is 11.7 Å². The van der Waals surface area contributed by atoms with Gasteiger partial charge in [-0.25, -0.2) is 0 Å². The fourth-order valence-electron chi connectivity index (χ4n) is 3.97. The molecule has 146 valence electrons. The Morgan fingerprint density at radius 3 is 2.93 bits per heavy atom. The van der Waals surface area contributed by atoms with Crippen LogP contribution in [-0.2, 0) is 17.8 Å². The monoisotopic (exact) mass is 379 g/mol. The van der Waals surface area contributed by atoms with Gasteiger partial charge in [0.1, 0.15) is 5.75 Å². The zero-order valence-electron chi connectivity index (χ0n) is 15.8. The summed E-state index contributed by atoms with van der Waals surface area (Å²) in [7, 11) is 0. The third-order valence-electron chi connectivity index (χ3n) is 5.52. The first-order chi connectivity index (χ1) is 13.6. The summed E-state index contributed by atoms with van der Waals surface area (Å²) >= 11 is 0. The van der Waals surface area contributed by atoms with Gasteiger partial charge < -0.3 is 15.8 Å². The maximum absolute atomic E-state index is 12.8. The van der Waals surface area contributed by atoms with Crippen LogP contribution in [0.15, 0.2) is 42.5 Å². The van der Waals surface area contributed by atoms with E-state index in [0.717, 1.165) is 48.4 Å². The van der Waals surface area contributed by atoms with Gasteiger partial charge in [0.05, 0.1) is 12.5 Å². The molecule has 2 heterocycles. The van der Waals surface area contributed by atoms with Gasteiger partial charge >= 0.3 is 0 Å². The molecule has 2 aromatic carbocycles. The van der Waals surface area contributed by atoms with Crippen LogP contribution in [-0.4, -0.2) is 36.4 Å². The lowest BCUT2D eigenvalue weighted by Crippen LogP contribution is -2.40. The van der Waals surface area contributed by atoms with E-state index in [0.29, 0.717) is 25.3 Å². The first kappa shape index (κ1) is 18.5. The minimum atomic E-state index is -0.230. The van der Waals surface area contributed by atoms with E-state index < -0.39 is 0 Å². The van der Waals surface area contributed by atoms with Crippen molar-refractivity contribution in [3.63, 3.8) is 0 Å². The normalized spacial score (nSPS) is 18.9. The second-order valence-corrected chi connectivity index (χ2v) is 7.51. The summed E-state index contributed by atoms with van der Waals surface area (Å²) in [5.74, 6) is 0.415. The number of amides is 2. The second-order valence-electron chi connectivity index (χ2n) is 7.51. The number of hydrogen-bond donors (Lipinski definition) is 2. The Bertz CT molecular complexity index is 896. The molecule has 1 fully saturated rings. The minimum absolute atomic E-state index is 0.0934. The Hall–Kier alpha value is -2.86. The number of benzene rings is 2. The van der Waals surface area contributed by atoms with Gasteiger partial charge in [-0.05, 0) is 54.8 Å². The zero-order chi connectivity index (χ0) is 19.5. The van der Waals surface area contributed by atoms with E-state index in [1.54, 1.807) is 6.07 Å². The molecule has 3 N–H and O–H groups in total. The van der Waals surface area contributed by atoms with Crippen molar-refractivity contribution in [3.05, 3.63) is 59.2 Å². The quantitative estimate of drug-likeness (QED) is 0.836. The smallest absolute Gasteiger partial charge is 0.255 e. The summed E-state index contributed by atoms with van der Waals surface area (Å²) in [5.41, 5.74) is 9.03. The molecule has 0 bridgehead atoms. The van der Waals surface area contributed by atoms with E-state index in [4.69, 9.17) is 10.5 Å². The molecule has 6 nitrogen and oxygen atoms in total.